The average Bonchev–Trinajstić information content (AvgIpc) is 2.68. The van der Waals surface area contributed by atoms with Crippen LogP contribution in [-0.2, 0) is 20.8 Å². The first-order valence-corrected chi connectivity index (χ1v) is 9.91. The number of nitrogens with zero attached hydrogens (tertiary/aromatic N) is 1. The molecule has 0 aliphatic carbocycles. The number of hydrogen-bond donors (Lipinski definition) is 3. The summed E-state index contributed by atoms with van der Waals surface area (Å²) < 4.78 is 0. The highest BCUT2D eigenvalue weighted by Gasteiger charge is 2.49. The fraction of sp³-hybridized carbons (Fsp3) is 0.571. The van der Waals surface area contributed by atoms with Crippen molar-refractivity contribution in [3.8, 4) is 0 Å². The van der Waals surface area contributed by atoms with Gasteiger partial charge in [-0.1, -0.05) is 38.5 Å². The Balaban J connectivity index is 1.95. The second-order valence-corrected chi connectivity index (χ2v) is 7.39. The molecule has 1 aromatic carbocycles. The molecule has 0 radical (unpaired) electrons. The van der Waals surface area contributed by atoms with Gasteiger partial charge in [0.25, 0.3) is 0 Å². The van der Waals surface area contributed by atoms with E-state index in [1.807, 2.05) is 38.1 Å². The molecule has 0 aromatic heterocycles. The predicted octanol–water partition coefficient (Wildman–Crippen LogP) is 2.43. The Kier molecular flexibility index (Phi) is 7.57. The third kappa shape index (κ3) is 4.90. The molecule has 28 heavy (non-hydrogen) atoms. The number of para-hydroxylation sites is 1. The molecule has 1 saturated heterocycles. The van der Waals surface area contributed by atoms with Crippen molar-refractivity contribution < 1.29 is 24.6 Å². The van der Waals surface area contributed by atoms with Crippen LogP contribution in [0.5, 0.6) is 0 Å². The van der Waals surface area contributed by atoms with Crippen molar-refractivity contribution >= 4 is 23.5 Å². The van der Waals surface area contributed by atoms with Gasteiger partial charge in [0.15, 0.2) is 0 Å². The summed E-state index contributed by atoms with van der Waals surface area (Å²) in [6.45, 7) is 4.15. The van der Waals surface area contributed by atoms with Crippen molar-refractivity contribution in [1.29, 1.82) is 0 Å². The maximum absolute atomic E-state index is 12.6. The van der Waals surface area contributed by atoms with Gasteiger partial charge < -0.3 is 20.4 Å². The predicted molar refractivity (Wildman–Crippen MR) is 106 cm³/mol. The van der Waals surface area contributed by atoms with Gasteiger partial charge in [0.1, 0.15) is 5.41 Å². The third-order valence-corrected chi connectivity index (χ3v) is 5.50. The van der Waals surface area contributed by atoms with Gasteiger partial charge >= 0.3 is 5.97 Å². The third-order valence-electron chi connectivity index (χ3n) is 5.50. The summed E-state index contributed by atoms with van der Waals surface area (Å²) in [6, 6.07) is 7.53. The largest absolute Gasteiger partial charge is 0.481 e. The zero-order chi connectivity index (χ0) is 20.7. The van der Waals surface area contributed by atoms with Crippen LogP contribution in [0.4, 0.5) is 5.69 Å². The van der Waals surface area contributed by atoms with E-state index in [1.165, 1.54) is 4.90 Å². The molecular formula is C21H30N2O5. The number of carboxylic acid groups (broad SMARTS) is 1. The molecule has 1 aliphatic rings. The lowest BCUT2D eigenvalue weighted by Crippen LogP contribution is -2.57. The first kappa shape index (κ1) is 21.9. The van der Waals surface area contributed by atoms with E-state index < -0.39 is 17.5 Å². The summed E-state index contributed by atoms with van der Waals surface area (Å²) in [5.74, 6) is -1.58. The molecule has 0 bridgehead atoms. The number of aliphatic hydroxyl groups excluding tert-OH is 1. The van der Waals surface area contributed by atoms with Crippen LogP contribution in [0.3, 0.4) is 0 Å². The van der Waals surface area contributed by atoms with Crippen LogP contribution in [0, 0.1) is 5.41 Å². The van der Waals surface area contributed by atoms with Crippen LogP contribution >= 0.6 is 0 Å². The van der Waals surface area contributed by atoms with Gasteiger partial charge in [-0.2, -0.15) is 0 Å². The number of anilines is 1. The van der Waals surface area contributed by atoms with E-state index >= 15 is 0 Å². The molecule has 3 N–H and O–H groups in total. The molecule has 1 aliphatic heterocycles. The topological polar surface area (TPSA) is 107 Å². The standard InChI is InChI=1S/C21H30N2O5/c1-3-12-21(20(27)28)14-23(13-11-17(21)24)19(26)10-9-18(25)22-16-8-6-5-7-15(16)4-2/h5-8,17,24H,3-4,9-14H2,1-2H3,(H,22,25)(H,27,28)/t17-,21+/m1/s1. The molecule has 1 fully saturated rings. The second kappa shape index (κ2) is 9.68. The van der Waals surface area contributed by atoms with Crippen LogP contribution in [-0.4, -0.2) is 52.1 Å². The number of rotatable bonds is 8. The number of aliphatic carboxylic acids is 1. The number of likely N-dealkylation sites (tertiary alicyclic amines) is 1. The Morgan fingerprint density at radius 2 is 1.93 bits per heavy atom. The summed E-state index contributed by atoms with van der Waals surface area (Å²) in [7, 11) is 0. The van der Waals surface area contributed by atoms with Crippen molar-refractivity contribution in [3.63, 3.8) is 0 Å². The van der Waals surface area contributed by atoms with Gasteiger partial charge in [-0.05, 0) is 30.9 Å². The Morgan fingerprint density at radius 1 is 1.21 bits per heavy atom. The zero-order valence-electron chi connectivity index (χ0n) is 16.6. The van der Waals surface area contributed by atoms with Crippen LogP contribution in [0.25, 0.3) is 0 Å². The molecule has 1 aromatic rings. The number of benzene rings is 1. The maximum Gasteiger partial charge on any atom is 0.314 e. The highest BCUT2D eigenvalue weighted by molar-refractivity contribution is 5.94. The minimum Gasteiger partial charge on any atom is -0.481 e. The lowest BCUT2D eigenvalue weighted by Gasteiger charge is -2.43. The van der Waals surface area contributed by atoms with Crippen molar-refractivity contribution in [2.75, 3.05) is 18.4 Å². The average molecular weight is 390 g/mol. The second-order valence-electron chi connectivity index (χ2n) is 7.39. The first-order chi connectivity index (χ1) is 13.3. The maximum atomic E-state index is 12.6. The monoisotopic (exact) mass is 390 g/mol. The Bertz CT molecular complexity index is 721. The van der Waals surface area contributed by atoms with E-state index in [9.17, 15) is 24.6 Å². The quantitative estimate of drug-likeness (QED) is 0.632. The van der Waals surface area contributed by atoms with Crippen LogP contribution < -0.4 is 5.32 Å². The SMILES string of the molecule is CCC[C@]1(C(=O)O)CN(C(=O)CCC(=O)Nc2ccccc2CC)CC[C@H]1O. The molecule has 154 valence electrons. The fourth-order valence-electron chi connectivity index (χ4n) is 3.84. The smallest absolute Gasteiger partial charge is 0.314 e. The van der Waals surface area contributed by atoms with Crippen molar-refractivity contribution in [1.82, 2.24) is 4.90 Å². The normalized spacial score (nSPS) is 22.0. The van der Waals surface area contributed by atoms with Gasteiger partial charge in [-0.25, -0.2) is 0 Å². The van der Waals surface area contributed by atoms with E-state index in [-0.39, 0.29) is 37.6 Å². The summed E-state index contributed by atoms with van der Waals surface area (Å²) >= 11 is 0. The number of amides is 2. The Hall–Kier alpha value is -2.41. The van der Waals surface area contributed by atoms with E-state index in [0.29, 0.717) is 19.4 Å². The van der Waals surface area contributed by atoms with Gasteiger partial charge in [0.2, 0.25) is 11.8 Å². The molecule has 7 heteroatoms. The van der Waals surface area contributed by atoms with Gasteiger partial charge in [-0.3, -0.25) is 14.4 Å². The molecule has 7 nitrogen and oxygen atoms in total. The van der Waals surface area contributed by atoms with Gasteiger partial charge in [0, 0.05) is 31.6 Å². The highest BCUT2D eigenvalue weighted by atomic mass is 16.4. The molecule has 2 atom stereocenters. The molecule has 0 saturated carbocycles. The van der Waals surface area contributed by atoms with Crippen LogP contribution in [0.2, 0.25) is 0 Å². The molecule has 2 amide bonds. The Morgan fingerprint density at radius 3 is 2.57 bits per heavy atom. The number of carbonyl (C=O) groups is 3. The summed E-state index contributed by atoms with van der Waals surface area (Å²) in [5, 5.41) is 22.8. The number of carbonyl (C=O) groups excluding carboxylic acids is 2. The molecule has 0 spiro atoms. The molecule has 2 rings (SSSR count). The van der Waals surface area contributed by atoms with Crippen LogP contribution in [0.15, 0.2) is 24.3 Å². The Labute approximate surface area is 165 Å². The number of aliphatic hydroxyl groups is 1. The van der Waals surface area contributed by atoms with E-state index in [2.05, 4.69) is 5.32 Å². The molecule has 0 unspecified atom stereocenters. The van der Waals surface area contributed by atoms with Crippen molar-refractivity contribution in [3.05, 3.63) is 29.8 Å². The van der Waals surface area contributed by atoms with Gasteiger partial charge in [0.05, 0.1) is 6.10 Å². The number of piperidine rings is 1. The summed E-state index contributed by atoms with van der Waals surface area (Å²) in [4.78, 5) is 38.1. The van der Waals surface area contributed by atoms with Crippen molar-refractivity contribution in [2.24, 2.45) is 5.41 Å². The minimum absolute atomic E-state index is 0.0119. The zero-order valence-corrected chi connectivity index (χ0v) is 16.6. The van der Waals surface area contributed by atoms with E-state index in [0.717, 1.165) is 17.7 Å². The highest BCUT2D eigenvalue weighted by Crippen LogP contribution is 2.35. The minimum atomic E-state index is -1.33. The molecular weight excluding hydrogens is 360 g/mol. The number of nitrogens with one attached hydrogen (secondary N) is 1. The lowest BCUT2D eigenvalue weighted by molar-refractivity contribution is -0.167. The van der Waals surface area contributed by atoms with E-state index in [4.69, 9.17) is 0 Å². The first-order valence-electron chi connectivity index (χ1n) is 9.91. The molecule has 1 heterocycles. The van der Waals surface area contributed by atoms with E-state index in [1.54, 1.807) is 0 Å². The van der Waals surface area contributed by atoms with Crippen molar-refractivity contribution in [2.45, 2.75) is 58.5 Å². The summed E-state index contributed by atoms with van der Waals surface area (Å²) in [6.07, 6.45) is 1.00. The fourth-order valence-corrected chi connectivity index (χ4v) is 3.84. The number of carboxylic acids is 1. The van der Waals surface area contributed by atoms with Gasteiger partial charge in [-0.15, -0.1) is 0 Å². The number of hydrogen-bond acceptors (Lipinski definition) is 4. The van der Waals surface area contributed by atoms with Crippen LogP contribution in [0.1, 0.15) is 51.5 Å². The number of aryl methyl sites for hydroxylation is 1. The summed E-state index contributed by atoms with van der Waals surface area (Å²) in [5.41, 5.74) is 0.444. The lowest BCUT2D eigenvalue weighted by atomic mass is 9.74.